The van der Waals surface area contributed by atoms with Gasteiger partial charge in [-0.3, -0.25) is 4.79 Å². The fraction of sp³-hybridized carbons (Fsp3) is 0.316. The van der Waals surface area contributed by atoms with Crippen LogP contribution in [-0.2, 0) is 6.54 Å². The van der Waals surface area contributed by atoms with Gasteiger partial charge in [0.1, 0.15) is 12.1 Å². The minimum absolute atomic E-state index is 0.295. The summed E-state index contributed by atoms with van der Waals surface area (Å²) in [5.74, 6) is -3.49. The number of halogens is 3. The fourth-order valence-electron chi connectivity index (χ4n) is 3.41. The van der Waals surface area contributed by atoms with Gasteiger partial charge in [-0.15, -0.1) is 21.5 Å². The number of nitrogens with zero attached hydrogens (tertiary/aromatic N) is 4. The van der Waals surface area contributed by atoms with E-state index >= 15 is 0 Å². The molecule has 1 aliphatic rings. The molecule has 146 valence electrons. The Hall–Kier alpha value is -2.68. The fourth-order valence-corrected chi connectivity index (χ4v) is 4.29. The molecule has 1 aromatic carbocycles. The predicted molar refractivity (Wildman–Crippen MR) is 97.9 cm³/mol. The highest BCUT2D eigenvalue weighted by atomic mass is 32.1. The van der Waals surface area contributed by atoms with E-state index in [-0.39, 0.29) is 5.82 Å². The number of hydrogen-bond donors (Lipinski definition) is 0. The van der Waals surface area contributed by atoms with Crippen molar-refractivity contribution in [3.8, 4) is 0 Å². The molecule has 0 radical (unpaired) electrons. The minimum atomic E-state index is -3.00. The van der Waals surface area contributed by atoms with Gasteiger partial charge in [0.15, 0.2) is 5.82 Å². The second-order valence-corrected chi connectivity index (χ2v) is 7.80. The first-order valence-electron chi connectivity index (χ1n) is 8.69. The summed E-state index contributed by atoms with van der Waals surface area (Å²) in [4.78, 5) is 14.6. The van der Waals surface area contributed by atoms with Crippen LogP contribution in [0.5, 0.6) is 0 Å². The molecule has 0 bridgehead atoms. The molecule has 1 atom stereocenters. The zero-order valence-electron chi connectivity index (χ0n) is 15.0. The number of aromatic nitrogens is 3. The molecule has 28 heavy (non-hydrogen) atoms. The summed E-state index contributed by atoms with van der Waals surface area (Å²) >= 11 is 1.24. The Labute approximate surface area is 163 Å². The summed E-state index contributed by atoms with van der Waals surface area (Å²) in [7, 11) is 0. The zero-order chi connectivity index (χ0) is 19.9. The first kappa shape index (κ1) is 18.7. The predicted octanol–water partition coefficient (Wildman–Crippen LogP) is 4.06. The van der Waals surface area contributed by atoms with Crippen LogP contribution in [-0.4, -0.2) is 38.0 Å². The summed E-state index contributed by atoms with van der Waals surface area (Å²) in [5.41, 5.74) is 1.54. The monoisotopic (exact) mass is 406 g/mol. The molecule has 0 spiro atoms. The number of carbonyl (C=O) groups is 1. The maximum atomic E-state index is 14.3. The lowest BCUT2D eigenvalue weighted by molar-refractivity contribution is 0.0118. The molecule has 0 aliphatic carbocycles. The molecule has 3 aromatic rings. The van der Waals surface area contributed by atoms with Crippen molar-refractivity contribution in [1.29, 1.82) is 0 Å². The summed E-state index contributed by atoms with van der Waals surface area (Å²) in [6.07, 6.45) is 0.930. The second-order valence-electron chi connectivity index (χ2n) is 6.89. The number of carbonyl (C=O) groups excluding carboxylic acids is 1. The molecule has 0 unspecified atom stereocenters. The van der Waals surface area contributed by atoms with E-state index in [1.165, 1.54) is 34.7 Å². The number of alkyl halides is 2. The van der Waals surface area contributed by atoms with Gasteiger partial charge in [-0.1, -0.05) is 12.1 Å². The van der Waals surface area contributed by atoms with Gasteiger partial charge in [0.2, 0.25) is 0 Å². The Morgan fingerprint density at radius 2 is 2.04 bits per heavy atom. The number of aryl methyl sites for hydroxylation is 1. The average molecular weight is 406 g/mol. The van der Waals surface area contributed by atoms with Crippen LogP contribution in [0.1, 0.15) is 39.1 Å². The quantitative estimate of drug-likeness (QED) is 0.657. The van der Waals surface area contributed by atoms with E-state index in [1.54, 1.807) is 35.1 Å². The van der Waals surface area contributed by atoms with Crippen LogP contribution < -0.4 is 0 Å². The summed E-state index contributed by atoms with van der Waals surface area (Å²) < 4.78 is 43.3. The SMILES string of the molecule is Cc1ccsc1C(=O)N1CC(F)(F)C[C@H]1c1nncn1Cc1ccc(F)cc1. The number of amides is 1. The summed E-state index contributed by atoms with van der Waals surface area (Å²) in [6.45, 7) is 1.42. The first-order chi connectivity index (χ1) is 13.3. The van der Waals surface area contributed by atoms with Crippen molar-refractivity contribution in [3.63, 3.8) is 0 Å². The van der Waals surface area contributed by atoms with Crippen LogP contribution in [0.4, 0.5) is 13.2 Å². The number of benzene rings is 1. The Morgan fingerprint density at radius 3 is 2.71 bits per heavy atom. The average Bonchev–Trinajstić information content (AvgIpc) is 3.35. The van der Waals surface area contributed by atoms with Gasteiger partial charge in [-0.2, -0.15) is 0 Å². The zero-order valence-corrected chi connectivity index (χ0v) is 15.8. The van der Waals surface area contributed by atoms with Crippen LogP contribution in [0.25, 0.3) is 0 Å². The molecule has 0 saturated carbocycles. The van der Waals surface area contributed by atoms with Crippen molar-refractivity contribution < 1.29 is 18.0 Å². The highest BCUT2D eigenvalue weighted by Crippen LogP contribution is 2.41. The van der Waals surface area contributed by atoms with Gasteiger partial charge in [-0.25, -0.2) is 13.2 Å². The van der Waals surface area contributed by atoms with Crippen molar-refractivity contribution in [3.05, 3.63) is 69.7 Å². The second kappa shape index (κ2) is 7.05. The third kappa shape index (κ3) is 3.54. The Balaban J connectivity index is 1.65. The van der Waals surface area contributed by atoms with Gasteiger partial charge in [0, 0.05) is 6.42 Å². The molecule has 3 heterocycles. The molecular weight excluding hydrogens is 389 g/mol. The molecule has 2 aromatic heterocycles. The van der Waals surface area contributed by atoms with Gasteiger partial charge in [0.05, 0.1) is 24.0 Å². The maximum Gasteiger partial charge on any atom is 0.267 e. The normalized spacial score (nSPS) is 18.6. The van der Waals surface area contributed by atoms with E-state index in [9.17, 15) is 18.0 Å². The molecule has 5 nitrogen and oxygen atoms in total. The van der Waals surface area contributed by atoms with Gasteiger partial charge < -0.3 is 9.47 Å². The minimum Gasteiger partial charge on any atom is -0.321 e. The molecule has 4 rings (SSSR count). The number of likely N-dealkylation sites (tertiary alicyclic amines) is 1. The molecule has 1 amide bonds. The largest absolute Gasteiger partial charge is 0.321 e. The molecular formula is C19H17F3N4OS. The summed E-state index contributed by atoms with van der Waals surface area (Å²) in [6, 6.07) is 6.79. The van der Waals surface area contributed by atoms with Crippen molar-refractivity contribution in [1.82, 2.24) is 19.7 Å². The first-order valence-corrected chi connectivity index (χ1v) is 9.57. The summed E-state index contributed by atoms with van der Waals surface area (Å²) in [5, 5.41) is 9.66. The maximum absolute atomic E-state index is 14.3. The molecule has 1 saturated heterocycles. The Morgan fingerprint density at radius 1 is 1.29 bits per heavy atom. The van der Waals surface area contributed by atoms with Crippen LogP contribution in [0.2, 0.25) is 0 Å². The molecule has 9 heteroatoms. The molecule has 1 fully saturated rings. The van der Waals surface area contributed by atoms with Gasteiger partial charge in [-0.05, 0) is 41.6 Å². The van der Waals surface area contributed by atoms with Crippen molar-refractivity contribution in [2.24, 2.45) is 0 Å². The van der Waals surface area contributed by atoms with Crippen LogP contribution >= 0.6 is 11.3 Å². The van der Waals surface area contributed by atoms with E-state index < -0.39 is 30.8 Å². The van der Waals surface area contributed by atoms with Gasteiger partial charge in [0.25, 0.3) is 11.8 Å². The third-order valence-electron chi connectivity index (χ3n) is 4.80. The van der Waals surface area contributed by atoms with E-state index in [1.807, 2.05) is 0 Å². The van der Waals surface area contributed by atoms with E-state index in [0.29, 0.717) is 17.2 Å². The highest BCUT2D eigenvalue weighted by Gasteiger charge is 2.49. The van der Waals surface area contributed by atoms with E-state index in [2.05, 4.69) is 10.2 Å². The highest BCUT2D eigenvalue weighted by molar-refractivity contribution is 7.12. The van der Waals surface area contributed by atoms with Crippen LogP contribution in [0.3, 0.4) is 0 Å². The Kier molecular flexibility index (Phi) is 4.70. The smallest absolute Gasteiger partial charge is 0.267 e. The molecule has 0 N–H and O–H groups in total. The Bertz CT molecular complexity index is 999. The van der Waals surface area contributed by atoms with E-state index in [4.69, 9.17) is 0 Å². The van der Waals surface area contributed by atoms with Crippen molar-refractivity contribution in [2.45, 2.75) is 31.9 Å². The van der Waals surface area contributed by atoms with Crippen molar-refractivity contribution in [2.75, 3.05) is 6.54 Å². The van der Waals surface area contributed by atoms with Crippen molar-refractivity contribution >= 4 is 17.2 Å². The van der Waals surface area contributed by atoms with Gasteiger partial charge >= 0.3 is 0 Å². The number of thiophene rings is 1. The van der Waals surface area contributed by atoms with Crippen LogP contribution in [0, 0.1) is 12.7 Å². The number of hydrogen-bond acceptors (Lipinski definition) is 4. The molecule has 1 aliphatic heterocycles. The lowest BCUT2D eigenvalue weighted by Crippen LogP contribution is -2.33. The van der Waals surface area contributed by atoms with E-state index in [0.717, 1.165) is 11.1 Å². The topological polar surface area (TPSA) is 51.0 Å². The lowest BCUT2D eigenvalue weighted by Gasteiger charge is -2.23. The number of rotatable bonds is 4. The third-order valence-corrected chi connectivity index (χ3v) is 5.80. The lowest BCUT2D eigenvalue weighted by atomic mass is 10.1. The standard InChI is InChI=1S/C19H17F3N4OS/c1-12-6-7-28-16(12)18(27)26-10-19(21,22)8-15(26)17-24-23-11-25(17)9-13-2-4-14(20)5-3-13/h2-7,11,15H,8-10H2,1H3/t15-/m0/s1. The van der Waals surface area contributed by atoms with Crippen LogP contribution in [0.15, 0.2) is 42.0 Å².